The van der Waals surface area contributed by atoms with Crippen LogP contribution in [0.5, 0.6) is 0 Å². The molecule has 0 unspecified atom stereocenters. The van der Waals surface area contributed by atoms with E-state index in [0.717, 1.165) is 5.56 Å². The van der Waals surface area contributed by atoms with E-state index in [-0.39, 0.29) is 22.2 Å². The van der Waals surface area contributed by atoms with Crippen LogP contribution >= 0.6 is 11.6 Å². The maximum absolute atomic E-state index is 13.5. The first-order valence-corrected chi connectivity index (χ1v) is 9.01. The van der Waals surface area contributed by atoms with Crippen LogP contribution in [-0.4, -0.2) is 27.9 Å². The SMILES string of the molecule is Cc1ccncc1NC(=O)c1ccn2c1C(=O)N(c1ccc(F)c(Cl)c1)CC2. The number of aromatic nitrogens is 2. The van der Waals surface area contributed by atoms with Crippen LogP contribution in [0.25, 0.3) is 0 Å². The summed E-state index contributed by atoms with van der Waals surface area (Å²) < 4.78 is 15.2. The molecule has 2 amide bonds. The van der Waals surface area contributed by atoms with Gasteiger partial charge in [0, 0.05) is 31.2 Å². The van der Waals surface area contributed by atoms with Crippen molar-refractivity contribution in [2.75, 3.05) is 16.8 Å². The van der Waals surface area contributed by atoms with Gasteiger partial charge in [-0.25, -0.2) is 4.39 Å². The first kappa shape index (κ1) is 18.2. The van der Waals surface area contributed by atoms with Crippen LogP contribution in [0.3, 0.4) is 0 Å². The molecule has 3 heterocycles. The molecular weight excluding hydrogens is 383 g/mol. The Morgan fingerprint density at radius 3 is 2.82 bits per heavy atom. The molecule has 2 aromatic heterocycles. The van der Waals surface area contributed by atoms with E-state index < -0.39 is 11.7 Å². The summed E-state index contributed by atoms with van der Waals surface area (Å²) in [7, 11) is 0. The van der Waals surface area contributed by atoms with E-state index in [0.29, 0.717) is 24.5 Å². The molecule has 0 spiro atoms. The Kier molecular flexibility index (Phi) is 4.60. The van der Waals surface area contributed by atoms with E-state index in [4.69, 9.17) is 11.6 Å². The minimum absolute atomic E-state index is 0.0590. The average molecular weight is 399 g/mol. The van der Waals surface area contributed by atoms with Crippen LogP contribution in [-0.2, 0) is 6.54 Å². The zero-order valence-electron chi connectivity index (χ0n) is 14.9. The van der Waals surface area contributed by atoms with Crippen molar-refractivity contribution in [2.45, 2.75) is 13.5 Å². The maximum atomic E-state index is 13.5. The van der Waals surface area contributed by atoms with Crippen LogP contribution in [0.1, 0.15) is 26.4 Å². The Morgan fingerprint density at radius 1 is 1.25 bits per heavy atom. The molecule has 4 rings (SSSR count). The summed E-state index contributed by atoms with van der Waals surface area (Å²) in [6.07, 6.45) is 4.91. The molecule has 0 saturated carbocycles. The molecule has 0 aliphatic carbocycles. The van der Waals surface area contributed by atoms with Gasteiger partial charge in [0.25, 0.3) is 11.8 Å². The predicted octanol–water partition coefficient (Wildman–Crippen LogP) is 3.90. The lowest BCUT2D eigenvalue weighted by Gasteiger charge is -2.29. The molecule has 1 N–H and O–H groups in total. The van der Waals surface area contributed by atoms with Gasteiger partial charge in [-0.05, 0) is 42.8 Å². The van der Waals surface area contributed by atoms with Crippen molar-refractivity contribution in [3.63, 3.8) is 0 Å². The van der Waals surface area contributed by atoms with Crippen LogP contribution < -0.4 is 10.2 Å². The summed E-state index contributed by atoms with van der Waals surface area (Å²) in [5.41, 5.74) is 2.48. The highest BCUT2D eigenvalue weighted by Gasteiger charge is 2.31. The number of rotatable bonds is 3. The fraction of sp³-hybridized carbons (Fsp3) is 0.150. The topological polar surface area (TPSA) is 67.2 Å². The number of hydrogen-bond donors (Lipinski definition) is 1. The highest BCUT2D eigenvalue weighted by atomic mass is 35.5. The summed E-state index contributed by atoms with van der Waals surface area (Å²) in [6, 6.07) is 7.53. The number of nitrogens with one attached hydrogen (secondary N) is 1. The van der Waals surface area contributed by atoms with Crippen molar-refractivity contribution in [3.8, 4) is 0 Å². The first-order chi connectivity index (χ1) is 13.5. The van der Waals surface area contributed by atoms with Gasteiger partial charge in [0.15, 0.2) is 0 Å². The molecule has 0 radical (unpaired) electrons. The number of halogens is 2. The second-order valence-electron chi connectivity index (χ2n) is 6.47. The van der Waals surface area contributed by atoms with Gasteiger partial charge in [0.2, 0.25) is 0 Å². The number of amides is 2. The van der Waals surface area contributed by atoms with Gasteiger partial charge >= 0.3 is 0 Å². The second-order valence-corrected chi connectivity index (χ2v) is 6.88. The van der Waals surface area contributed by atoms with Gasteiger partial charge in [0.05, 0.1) is 22.5 Å². The normalized spacial score (nSPS) is 13.4. The van der Waals surface area contributed by atoms with E-state index in [1.165, 1.54) is 23.1 Å². The van der Waals surface area contributed by atoms with Gasteiger partial charge < -0.3 is 14.8 Å². The van der Waals surface area contributed by atoms with Crippen LogP contribution in [0, 0.1) is 12.7 Å². The fourth-order valence-electron chi connectivity index (χ4n) is 3.20. The van der Waals surface area contributed by atoms with E-state index in [1.807, 2.05) is 6.92 Å². The van der Waals surface area contributed by atoms with Crippen LogP contribution in [0.15, 0.2) is 48.9 Å². The van der Waals surface area contributed by atoms with Gasteiger partial charge in [-0.2, -0.15) is 0 Å². The van der Waals surface area contributed by atoms with E-state index in [2.05, 4.69) is 10.3 Å². The number of nitrogens with zero attached hydrogens (tertiary/aromatic N) is 3. The quantitative estimate of drug-likeness (QED) is 0.727. The molecule has 8 heteroatoms. The summed E-state index contributed by atoms with van der Waals surface area (Å²) >= 11 is 5.86. The molecule has 3 aromatic rings. The Hall–Kier alpha value is -3.19. The molecule has 1 aliphatic rings. The van der Waals surface area contributed by atoms with Gasteiger partial charge in [-0.15, -0.1) is 0 Å². The van der Waals surface area contributed by atoms with Gasteiger partial charge in [0.1, 0.15) is 11.5 Å². The van der Waals surface area contributed by atoms with Crippen molar-refractivity contribution >= 4 is 34.8 Å². The highest BCUT2D eigenvalue weighted by molar-refractivity contribution is 6.31. The molecule has 1 aromatic carbocycles. The standard InChI is InChI=1S/C20H16ClFN4O2/c1-12-4-6-23-11-17(12)24-19(27)14-5-7-25-8-9-26(20(28)18(14)25)13-2-3-16(22)15(21)10-13/h2-7,10-11H,8-9H2,1H3,(H,24,27). The molecule has 6 nitrogen and oxygen atoms in total. The second kappa shape index (κ2) is 7.09. The van der Waals surface area contributed by atoms with Gasteiger partial charge in [-0.3, -0.25) is 14.6 Å². The van der Waals surface area contributed by atoms with Gasteiger partial charge in [-0.1, -0.05) is 11.6 Å². The van der Waals surface area contributed by atoms with E-state index >= 15 is 0 Å². The van der Waals surface area contributed by atoms with Crippen molar-refractivity contribution in [3.05, 3.63) is 76.6 Å². The Bertz CT molecular complexity index is 1100. The Labute approximate surface area is 165 Å². The summed E-state index contributed by atoms with van der Waals surface area (Å²) in [5, 5.41) is 2.74. The highest BCUT2D eigenvalue weighted by Crippen LogP contribution is 2.28. The Balaban J connectivity index is 1.65. The monoisotopic (exact) mass is 398 g/mol. The number of carbonyl (C=O) groups excluding carboxylic acids is 2. The summed E-state index contributed by atoms with van der Waals surface area (Å²) in [4.78, 5) is 31.4. The number of carbonyl (C=O) groups is 2. The first-order valence-electron chi connectivity index (χ1n) is 8.63. The molecule has 0 atom stereocenters. The van der Waals surface area contributed by atoms with Crippen molar-refractivity contribution in [1.29, 1.82) is 0 Å². The van der Waals surface area contributed by atoms with Crippen LogP contribution in [0.2, 0.25) is 5.02 Å². The van der Waals surface area contributed by atoms with E-state index in [1.54, 1.807) is 35.3 Å². The third-order valence-corrected chi connectivity index (χ3v) is 5.01. The minimum Gasteiger partial charge on any atom is -0.341 e. The van der Waals surface area contributed by atoms with Crippen LogP contribution in [0.4, 0.5) is 15.8 Å². The molecule has 28 heavy (non-hydrogen) atoms. The number of pyridine rings is 1. The average Bonchev–Trinajstić information content (AvgIpc) is 3.11. The molecule has 1 aliphatic heterocycles. The predicted molar refractivity (Wildman–Crippen MR) is 104 cm³/mol. The molecule has 0 saturated heterocycles. The molecule has 0 bridgehead atoms. The Morgan fingerprint density at radius 2 is 2.07 bits per heavy atom. The fourth-order valence-corrected chi connectivity index (χ4v) is 3.38. The number of benzene rings is 1. The lowest BCUT2D eigenvalue weighted by atomic mass is 10.1. The molecule has 0 fully saturated rings. The van der Waals surface area contributed by atoms with Crippen molar-refractivity contribution < 1.29 is 14.0 Å². The number of hydrogen-bond acceptors (Lipinski definition) is 3. The van der Waals surface area contributed by atoms with E-state index in [9.17, 15) is 14.0 Å². The number of fused-ring (bicyclic) bond motifs is 1. The minimum atomic E-state index is -0.551. The van der Waals surface area contributed by atoms with Crippen molar-refractivity contribution in [1.82, 2.24) is 9.55 Å². The number of anilines is 2. The summed E-state index contributed by atoms with van der Waals surface area (Å²) in [5.74, 6) is -1.28. The smallest absolute Gasteiger partial charge is 0.275 e. The summed E-state index contributed by atoms with van der Waals surface area (Å²) in [6.45, 7) is 2.76. The molecule has 142 valence electrons. The number of aryl methyl sites for hydroxylation is 1. The third-order valence-electron chi connectivity index (χ3n) is 4.72. The zero-order valence-corrected chi connectivity index (χ0v) is 15.7. The zero-order chi connectivity index (χ0) is 19.8. The molecular formula is C20H16ClFN4O2. The maximum Gasteiger partial charge on any atom is 0.275 e. The largest absolute Gasteiger partial charge is 0.341 e. The lowest BCUT2D eigenvalue weighted by molar-refractivity contribution is 0.0949. The lowest BCUT2D eigenvalue weighted by Crippen LogP contribution is -2.41. The van der Waals surface area contributed by atoms with Crippen molar-refractivity contribution in [2.24, 2.45) is 0 Å². The third kappa shape index (κ3) is 3.14.